The van der Waals surface area contributed by atoms with Crippen molar-refractivity contribution < 1.29 is 19.5 Å². The number of aliphatic imine (C=N–C) groups is 3. The van der Waals surface area contributed by atoms with Gasteiger partial charge in [-0.05, 0) is 66.8 Å². The zero-order valence-corrected chi connectivity index (χ0v) is 16.5. The molecular weight excluding hydrogens is 362 g/mol. The largest absolute Gasteiger partial charge is 0.355 e. The zero-order chi connectivity index (χ0) is 15.9. The molecule has 5 heterocycles. The Morgan fingerprint density at radius 3 is 2.16 bits per heavy atom. The monoisotopic (exact) mass is 374 g/mol. The van der Waals surface area contributed by atoms with E-state index in [1.807, 2.05) is 60.7 Å². The first-order valence-corrected chi connectivity index (χ1v) is 7.92. The van der Waals surface area contributed by atoms with E-state index >= 15 is 0 Å². The van der Waals surface area contributed by atoms with E-state index in [4.69, 9.17) is 0 Å². The Balaban J connectivity index is 0.00000157. The van der Waals surface area contributed by atoms with E-state index < -0.39 is 0 Å². The second-order valence-electron chi connectivity index (χ2n) is 5.96. The first-order valence-electron chi connectivity index (χ1n) is 7.92. The molecule has 4 nitrogen and oxygen atoms in total. The quantitative estimate of drug-likeness (QED) is 0.672. The van der Waals surface area contributed by atoms with Gasteiger partial charge in [0.1, 0.15) is 0 Å². The summed E-state index contributed by atoms with van der Waals surface area (Å²) in [5.74, 6) is 0. The Labute approximate surface area is 157 Å². The van der Waals surface area contributed by atoms with Gasteiger partial charge in [0, 0.05) is 30.2 Å². The van der Waals surface area contributed by atoms with Crippen LogP contribution in [0.15, 0.2) is 87.1 Å². The molecule has 25 heavy (non-hydrogen) atoms. The second-order valence-corrected chi connectivity index (χ2v) is 5.96. The molecule has 5 heteroatoms. The minimum Gasteiger partial charge on any atom is -0.355 e. The van der Waals surface area contributed by atoms with Crippen molar-refractivity contribution in [2.45, 2.75) is 6.04 Å². The molecule has 0 saturated heterocycles. The third kappa shape index (κ3) is 3.28. The summed E-state index contributed by atoms with van der Waals surface area (Å²) < 4.78 is 0. The molecule has 0 spiro atoms. The van der Waals surface area contributed by atoms with Crippen molar-refractivity contribution in [2.24, 2.45) is 15.0 Å². The van der Waals surface area contributed by atoms with Crippen molar-refractivity contribution >= 4 is 29.3 Å². The van der Waals surface area contributed by atoms with Crippen LogP contribution in [0.5, 0.6) is 0 Å². The Morgan fingerprint density at radius 1 is 0.720 bits per heavy atom. The normalized spacial score (nSPS) is 22.2. The average molecular weight is 376 g/mol. The van der Waals surface area contributed by atoms with Gasteiger partial charge in [-0.2, -0.15) is 0 Å². The van der Waals surface area contributed by atoms with E-state index in [9.17, 15) is 0 Å². The number of allylic oxidation sites excluding steroid dienone is 6. The molecule has 1 N–H and O–H groups in total. The van der Waals surface area contributed by atoms with Crippen molar-refractivity contribution in [3.63, 3.8) is 0 Å². The van der Waals surface area contributed by atoms with Crippen LogP contribution in [0.2, 0.25) is 0 Å². The Bertz CT molecular complexity index is 1100. The molecule has 1 unspecified atom stereocenters. The number of nitrogens with zero attached hydrogens (tertiary/aromatic N) is 3. The molecule has 0 aliphatic carbocycles. The zero-order valence-electron chi connectivity index (χ0n) is 13.6. The topological polar surface area (TPSA) is 52.9 Å². The summed E-state index contributed by atoms with van der Waals surface area (Å²) in [7, 11) is 0. The molecule has 1 aromatic rings. The molecule has 4 aliphatic rings. The van der Waals surface area contributed by atoms with E-state index in [1.165, 1.54) is 0 Å². The summed E-state index contributed by atoms with van der Waals surface area (Å²) in [6.07, 6.45) is 20.3. The van der Waals surface area contributed by atoms with Gasteiger partial charge in [0.15, 0.2) is 0 Å². The van der Waals surface area contributed by atoms with E-state index in [2.05, 4.69) is 32.1 Å². The fourth-order valence-electron chi connectivity index (χ4n) is 3.00. The first-order chi connectivity index (χ1) is 11.8. The summed E-state index contributed by atoms with van der Waals surface area (Å²) in [4.78, 5) is 17.3. The molecular formula is C20H14N4Zn. The first kappa shape index (κ1) is 15.9. The molecule has 1 atom stereocenters. The minimum atomic E-state index is 0. The number of nitrogens with one attached hydrogen (secondary N) is 1. The SMILES string of the molecule is C1=CC2=NC1=CC1=NC(C=C1)C=C1C=CC(=N1)C=c1ccc([nH]1)=C2.[Zn]. The summed E-state index contributed by atoms with van der Waals surface area (Å²) in [6.45, 7) is 0. The van der Waals surface area contributed by atoms with Gasteiger partial charge in [0.25, 0.3) is 0 Å². The second kappa shape index (κ2) is 6.34. The van der Waals surface area contributed by atoms with Gasteiger partial charge in [-0.3, -0.25) is 4.99 Å². The molecule has 1 aromatic heterocycles. The maximum atomic E-state index is 4.68. The molecule has 0 aromatic carbocycles. The van der Waals surface area contributed by atoms with Gasteiger partial charge in [0.05, 0.1) is 34.6 Å². The van der Waals surface area contributed by atoms with Crippen LogP contribution in [0.3, 0.4) is 0 Å². The number of aromatic amines is 1. The van der Waals surface area contributed by atoms with Crippen LogP contribution in [0.4, 0.5) is 0 Å². The number of hydrogen-bond donors (Lipinski definition) is 1. The fourth-order valence-corrected chi connectivity index (χ4v) is 3.00. The molecule has 4 aliphatic heterocycles. The summed E-state index contributed by atoms with van der Waals surface area (Å²) in [5, 5.41) is 2.05. The predicted octanol–water partition coefficient (Wildman–Crippen LogP) is 1.76. The van der Waals surface area contributed by atoms with Crippen LogP contribution in [0.1, 0.15) is 0 Å². The third-order valence-corrected chi connectivity index (χ3v) is 4.10. The van der Waals surface area contributed by atoms with Crippen LogP contribution in [0, 0.1) is 0 Å². The van der Waals surface area contributed by atoms with Crippen LogP contribution in [-0.4, -0.2) is 28.2 Å². The summed E-state index contributed by atoms with van der Waals surface area (Å²) >= 11 is 0. The molecule has 116 valence electrons. The van der Waals surface area contributed by atoms with Crippen LogP contribution in [-0.2, 0) is 19.5 Å². The summed E-state index contributed by atoms with van der Waals surface area (Å²) in [6, 6.07) is 4.13. The van der Waals surface area contributed by atoms with Crippen LogP contribution in [0.25, 0.3) is 12.2 Å². The van der Waals surface area contributed by atoms with Crippen LogP contribution >= 0.6 is 0 Å². The molecule has 5 rings (SSSR count). The smallest absolute Gasteiger partial charge is 0.0895 e. The van der Waals surface area contributed by atoms with Gasteiger partial charge in [-0.1, -0.05) is 6.08 Å². The van der Waals surface area contributed by atoms with Crippen molar-refractivity contribution in [2.75, 3.05) is 0 Å². The van der Waals surface area contributed by atoms with E-state index in [1.54, 1.807) is 0 Å². The molecule has 0 saturated carbocycles. The predicted molar refractivity (Wildman–Crippen MR) is 98.7 cm³/mol. The molecule has 0 amide bonds. The van der Waals surface area contributed by atoms with Gasteiger partial charge in [-0.25, -0.2) is 9.98 Å². The maximum absolute atomic E-state index is 4.68. The molecule has 0 radical (unpaired) electrons. The Morgan fingerprint density at radius 2 is 1.40 bits per heavy atom. The van der Waals surface area contributed by atoms with Crippen molar-refractivity contribution in [1.82, 2.24) is 4.98 Å². The Kier molecular flexibility index (Phi) is 4.02. The van der Waals surface area contributed by atoms with Gasteiger partial charge in [-0.15, -0.1) is 0 Å². The van der Waals surface area contributed by atoms with Crippen molar-refractivity contribution in [3.05, 3.63) is 82.8 Å². The molecule has 8 bridgehead atoms. The van der Waals surface area contributed by atoms with Gasteiger partial charge < -0.3 is 4.98 Å². The summed E-state index contributed by atoms with van der Waals surface area (Å²) in [5.41, 5.74) is 4.67. The third-order valence-electron chi connectivity index (χ3n) is 4.10. The van der Waals surface area contributed by atoms with Crippen LogP contribution < -0.4 is 10.7 Å². The van der Waals surface area contributed by atoms with E-state index in [-0.39, 0.29) is 25.5 Å². The van der Waals surface area contributed by atoms with E-state index in [0.717, 1.165) is 39.2 Å². The van der Waals surface area contributed by atoms with Crippen molar-refractivity contribution in [3.8, 4) is 0 Å². The number of rotatable bonds is 0. The number of fused-ring (bicyclic) bond motifs is 5. The maximum Gasteiger partial charge on any atom is 0.0895 e. The van der Waals surface area contributed by atoms with Crippen molar-refractivity contribution in [1.29, 1.82) is 0 Å². The standard InChI is InChI=1S/C20H14N4.Zn/c1-2-14-10-16-5-6-18(23-16)12-20-8-7-19(24-20)11-17-4-3-15(22-17)9-13(1)21-14;/h1-13,24H;. The number of aromatic nitrogens is 1. The fraction of sp³-hybridized carbons (Fsp3) is 0.0500. The van der Waals surface area contributed by atoms with Gasteiger partial charge in [0.2, 0.25) is 0 Å². The minimum absolute atomic E-state index is 0. The van der Waals surface area contributed by atoms with Gasteiger partial charge >= 0.3 is 0 Å². The van der Waals surface area contributed by atoms with E-state index in [0.29, 0.717) is 0 Å². The number of H-pyrrole nitrogens is 1. The number of hydrogen-bond acceptors (Lipinski definition) is 3. The average Bonchev–Trinajstić information content (AvgIpc) is 3.32. The Hall–Kier alpha value is -2.65. The molecule has 0 fully saturated rings.